The van der Waals surface area contributed by atoms with Gasteiger partial charge in [0.25, 0.3) is 0 Å². The molecular weight excluding hydrogens is 504 g/mol. The van der Waals surface area contributed by atoms with Crippen molar-refractivity contribution in [1.82, 2.24) is 0 Å². The van der Waals surface area contributed by atoms with E-state index in [-0.39, 0.29) is 36.5 Å². The summed E-state index contributed by atoms with van der Waals surface area (Å²) in [6, 6.07) is 8.70. The van der Waals surface area contributed by atoms with E-state index in [0.29, 0.717) is 42.9 Å². The van der Waals surface area contributed by atoms with Crippen LogP contribution in [-0.4, -0.2) is 71.5 Å². The highest BCUT2D eigenvalue weighted by molar-refractivity contribution is 5.52. The van der Waals surface area contributed by atoms with Crippen LogP contribution in [0.15, 0.2) is 30.3 Å². The van der Waals surface area contributed by atoms with E-state index in [1.807, 2.05) is 12.1 Å². The first-order valence-corrected chi connectivity index (χ1v) is 13.8. The van der Waals surface area contributed by atoms with Crippen molar-refractivity contribution in [3.63, 3.8) is 0 Å². The molecule has 5 N–H and O–H groups in total. The van der Waals surface area contributed by atoms with Crippen LogP contribution in [0.3, 0.4) is 0 Å². The van der Waals surface area contributed by atoms with Crippen molar-refractivity contribution in [1.29, 1.82) is 0 Å². The Bertz CT molecular complexity index is 981. The molecule has 9 heteroatoms. The molecule has 0 aromatic heterocycles. The van der Waals surface area contributed by atoms with Crippen LogP contribution in [-0.2, 0) is 17.6 Å². The van der Waals surface area contributed by atoms with Crippen molar-refractivity contribution in [2.45, 2.75) is 82.5 Å². The molecule has 0 spiro atoms. The van der Waals surface area contributed by atoms with Crippen LogP contribution in [0, 0.1) is 5.92 Å². The molecule has 1 aliphatic carbocycles. The first-order chi connectivity index (χ1) is 18.9. The van der Waals surface area contributed by atoms with Crippen molar-refractivity contribution < 1.29 is 44.5 Å². The molecule has 0 amide bonds. The molecule has 0 heterocycles. The van der Waals surface area contributed by atoms with Gasteiger partial charge in [-0.2, -0.15) is 0 Å². The van der Waals surface area contributed by atoms with Gasteiger partial charge in [0.2, 0.25) is 5.75 Å². The fourth-order valence-corrected chi connectivity index (χ4v) is 5.33. The Kier molecular flexibility index (Phi) is 12.5. The summed E-state index contributed by atoms with van der Waals surface area (Å²) < 4.78 is 22.2. The van der Waals surface area contributed by atoms with E-state index < -0.39 is 19.0 Å². The largest absolute Gasteiger partial charge is 0.504 e. The van der Waals surface area contributed by atoms with Gasteiger partial charge in [-0.15, -0.1) is 0 Å². The highest BCUT2D eigenvalue weighted by Crippen LogP contribution is 2.38. The number of hydrogen-bond donors (Lipinski definition) is 5. The molecule has 2 aromatic rings. The van der Waals surface area contributed by atoms with E-state index in [9.17, 15) is 25.5 Å². The van der Waals surface area contributed by atoms with Crippen molar-refractivity contribution in [3.8, 4) is 28.7 Å². The van der Waals surface area contributed by atoms with Crippen molar-refractivity contribution in [2.75, 3.05) is 27.6 Å². The molecule has 3 rings (SSSR count). The SMILES string of the molecule is COc1cc(CC[C@H](O)C[C@@H](OCO)[C@H](CCO)Cc2ccc(O)c(OC3CCCCC3)c2)cc(OC)c1O. The van der Waals surface area contributed by atoms with E-state index in [1.54, 1.807) is 18.2 Å². The maximum Gasteiger partial charge on any atom is 0.200 e. The monoisotopic (exact) mass is 548 g/mol. The van der Waals surface area contributed by atoms with Gasteiger partial charge in [-0.3, -0.25) is 0 Å². The van der Waals surface area contributed by atoms with E-state index in [4.69, 9.17) is 18.9 Å². The van der Waals surface area contributed by atoms with Crippen molar-refractivity contribution in [2.24, 2.45) is 5.92 Å². The van der Waals surface area contributed by atoms with E-state index >= 15 is 0 Å². The van der Waals surface area contributed by atoms with Crippen LogP contribution < -0.4 is 14.2 Å². The average Bonchev–Trinajstić information content (AvgIpc) is 2.94. The number of aromatic hydroxyl groups is 2. The molecule has 0 radical (unpaired) electrons. The zero-order valence-corrected chi connectivity index (χ0v) is 23.1. The van der Waals surface area contributed by atoms with Gasteiger partial charge in [0.15, 0.2) is 23.0 Å². The molecule has 3 atom stereocenters. The predicted octanol–water partition coefficient (Wildman–Crippen LogP) is 4.09. The molecular formula is C30H44O9. The van der Waals surface area contributed by atoms with Crippen LogP contribution in [0.1, 0.15) is 62.5 Å². The number of aryl methyl sites for hydroxylation is 1. The maximum atomic E-state index is 10.9. The van der Waals surface area contributed by atoms with E-state index in [1.165, 1.54) is 20.6 Å². The zero-order valence-electron chi connectivity index (χ0n) is 23.1. The second-order valence-corrected chi connectivity index (χ2v) is 10.3. The van der Waals surface area contributed by atoms with Gasteiger partial charge >= 0.3 is 0 Å². The van der Waals surface area contributed by atoms with Gasteiger partial charge in [-0.1, -0.05) is 12.5 Å². The Morgan fingerprint density at radius 3 is 2.15 bits per heavy atom. The second kappa shape index (κ2) is 15.8. The molecule has 2 aromatic carbocycles. The lowest BCUT2D eigenvalue weighted by atomic mass is 9.87. The molecule has 0 bridgehead atoms. The van der Waals surface area contributed by atoms with Crippen LogP contribution in [0.5, 0.6) is 28.7 Å². The molecule has 1 saturated carbocycles. The summed E-state index contributed by atoms with van der Waals surface area (Å²) in [5, 5.41) is 50.7. The molecule has 1 aliphatic rings. The summed E-state index contributed by atoms with van der Waals surface area (Å²) in [5.74, 6) is 0.894. The Balaban J connectivity index is 1.66. The second-order valence-electron chi connectivity index (χ2n) is 10.3. The van der Waals surface area contributed by atoms with Gasteiger partial charge < -0.3 is 44.5 Å². The molecule has 0 aliphatic heterocycles. The highest BCUT2D eigenvalue weighted by atomic mass is 16.6. The topological polar surface area (TPSA) is 138 Å². The number of ether oxygens (including phenoxy) is 4. The van der Waals surface area contributed by atoms with Crippen LogP contribution in [0.4, 0.5) is 0 Å². The summed E-state index contributed by atoms with van der Waals surface area (Å²) in [5.41, 5.74) is 1.75. The molecule has 9 nitrogen and oxygen atoms in total. The van der Waals surface area contributed by atoms with Gasteiger partial charge in [-0.05, 0) is 99.1 Å². The maximum absolute atomic E-state index is 10.9. The van der Waals surface area contributed by atoms with Crippen LogP contribution in [0.25, 0.3) is 0 Å². The minimum Gasteiger partial charge on any atom is -0.504 e. The number of methoxy groups -OCH3 is 2. The summed E-state index contributed by atoms with van der Waals surface area (Å²) in [7, 11) is 2.93. The summed E-state index contributed by atoms with van der Waals surface area (Å²) in [4.78, 5) is 0. The molecule has 39 heavy (non-hydrogen) atoms. The Morgan fingerprint density at radius 1 is 0.872 bits per heavy atom. The Morgan fingerprint density at radius 2 is 1.54 bits per heavy atom. The van der Waals surface area contributed by atoms with Crippen LogP contribution >= 0.6 is 0 Å². The van der Waals surface area contributed by atoms with Crippen molar-refractivity contribution in [3.05, 3.63) is 41.5 Å². The van der Waals surface area contributed by atoms with Crippen molar-refractivity contribution >= 4 is 0 Å². The van der Waals surface area contributed by atoms with Gasteiger partial charge in [0.1, 0.15) is 6.79 Å². The smallest absolute Gasteiger partial charge is 0.200 e. The fraction of sp³-hybridized carbons (Fsp3) is 0.600. The number of aliphatic hydroxyl groups is 3. The lowest BCUT2D eigenvalue weighted by molar-refractivity contribution is -0.0921. The molecule has 0 saturated heterocycles. The third-order valence-electron chi connectivity index (χ3n) is 7.49. The molecule has 0 unspecified atom stereocenters. The highest BCUT2D eigenvalue weighted by Gasteiger charge is 2.26. The van der Waals surface area contributed by atoms with Gasteiger partial charge in [0, 0.05) is 6.61 Å². The zero-order chi connectivity index (χ0) is 28.2. The third-order valence-corrected chi connectivity index (χ3v) is 7.49. The Hall–Kier alpha value is -2.72. The summed E-state index contributed by atoms with van der Waals surface area (Å²) in [6.07, 6.45) is 6.39. The number of rotatable bonds is 16. The third kappa shape index (κ3) is 9.17. The summed E-state index contributed by atoms with van der Waals surface area (Å²) >= 11 is 0. The first kappa shape index (κ1) is 30.8. The fourth-order valence-electron chi connectivity index (χ4n) is 5.33. The summed E-state index contributed by atoms with van der Waals surface area (Å²) in [6.45, 7) is -0.569. The standard InChI is InChI=1S/C30H44O9/c1-36-28-16-21(17-29(37-2)30(28)35)8-10-23(33)18-26(38-19-32)22(12-13-31)14-20-9-11-25(34)27(15-20)39-24-6-4-3-5-7-24/h9,11,15-17,22-24,26,31-35H,3-8,10,12-14,18-19H2,1-2H3/t22-,23+,26-/m1/s1. The Labute approximate surface area is 230 Å². The molecule has 1 fully saturated rings. The predicted molar refractivity (Wildman–Crippen MR) is 147 cm³/mol. The number of benzene rings is 2. The lowest BCUT2D eigenvalue weighted by Crippen LogP contribution is -2.31. The van der Waals surface area contributed by atoms with Gasteiger partial charge in [0.05, 0.1) is 32.5 Å². The minimum atomic E-state index is -0.737. The lowest BCUT2D eigenvalue weighted by Gasteiger charge is -2.29. The first-order valence-electron chi connectivity index (χ1n) is 13.8. The van der Waals surface area contributed by atoms with E-state index in [2.05, 4.69) is 0 Å². The average molecular weight is 549 g/mol. The number of aliphatic hydroxyl groups excluding tert-OH is 3. The molecule has 218 valence electrons. The normalized spacial score (nSPS) is 16.4. The number of phenolic OH excluding ortho intramolecular Hbond substituents is 2. The number of hydrogen-bond acceptors (Lipinski definition) is 9. The number of phenols is 2. The quantitative estimate of drug-likeness (QED) is 0.196. The van der Waals surface area contributed by atoms with E-state index in [0.717, 1.165) is 36.8 Å². The van der Waals surface area contributed by atoms with Crippen LogP contribution in [0.2, 0.25) is 0 Å². The van der Waals surface area contributed by atoms with Gasteiger partial charge in [-0.25, -0.2) is 0 Å². The minimum absolute atomic E-state index is 0.0668.